The second-order valence-electron chi connectivity index (χ2n) is 12.6. The Labute approximate surface area is 307 Å². The maximum atomic E-state index is 14.4. The lowest BCUT2D eigenvalue weighted by atomic mass is 10.1. The molecule has 54 heavy (non-hydrogen) atoms. The van der Waals surface area contributed by atoms with Crippen LogP contribution in [-0.4, -0.2) is 56.0 Å². The number of pyridine rings is 1. The molecule has 4 aromatic rings. The second kappa shape index (κ2) is 16.4. The SMILES string of the molecule is COC(=O)c1cc(C(F)(F)F)ccc1Nc1ccc(F)cc1CCS(=O)(=O)Nc1ccc([N+](=O)[O-])cc1Cc1nc(OC)ccc1NC(=O)OC(C)(C)C. The van der Waals surface area contributed by atoms with Gasteiger partial charge in [0.2, 0.25) is 15.9 Å². The maximum Gasteiger partial charge on any atom is 0.416 e. The van der Waals surface area contributed by atoms with Gasteiger partial charge in [0.05, 0.1) is 58.8 Å². The number of amides is 1. The average Bonchev–Trinajstić information content (AvgIpc) is 3.08. The molecule has 1 heterocycles. The van der Waals surface area contributed by atoms with Gasteiger partial charge >= 0.3 is 18.2 Å². The Morgan fingerprint density at radius 2 is 1.56 bits per heavy atom. The number of rotatable bonds is 13. The molecular weight excluding hydrogens is 742 g/mol. The van der Waals surface area contributed by atoms with Crippen LogP contribution in [0, 0.1) is 15.9 Å². The topological polar surface area (TPSA) is 188 Å². The van der Waals surface area contributed by atoms with E-state index in [1.165, 1.54) is 31.4 Å². The molecule has 19 heteroatoms. The minimum Gasteiger partial charge on any atom is -0.481 e. The van der Waals surface area contributed by atoms with Crippen molar-refractivity contribution in [1.29, 1.82) is 0 Å². The summed E-state index contributed by atoms with van der Waals surface area (Å²) in [7, 11) is -1.97. The number of halogens is 4. The number of ether oxygens (including phenoxy) is 3. The molecular formula is C35H35F4N5O9S. The van der Waals surface area contributed by atoms with Gasteiger partial charge in [-0.3, -0.25) is 20.2 Å². The number of hydrogen-bond donors (Lipinski definition) is 3. The Bertz CT molecular complexity index is 2180. The number of alkyl halides is 3. The summed E-state index contributed by atoms with van der Waals surface area (Å²) in [5, 5.41) is 17.0. The highest BCUT2D eigenvalue weighted by Gasteiger charge is 2.32. The van der Waals surface area contributed by atoms with Gasteiger partial charge in [-0.15, -0.1) is 0 Å². The fourth-order valence-electron chi connectivity index (χ4n) is 4.98. The molecule has 0 saturated carbocycles. The Morgan fingerprint density at radius 3 is 2.19 bits per heavy atom. The van der Waals surface area contributed by atoms with Gasteiger partial charge < -0.3 is 19.5 Å². The number of methoxy groups -OCH3 is 2. The van der Waals surface area contributed by atoms with Gasteiger partial charge in [-0.05, 0) is 86.8 Å². The van der Waals surface area contributed by atoms with Crippen LogP contribution in [0.3, 0.4) is 0 Å². The molecule has 0 aliphatic rings. The number of anilines is 4. The summed E-state index contributed by atoms with van der Waals surface area (Å²) < 4.78 is 99.0. The summed E-state index contributed by atoms with van der Waals surface area (Å²) in [5.74, 6) is -2.38. The summed E-state index contributed by atoms with van der Waals surface area (Å²) in [6.07, 6.45) is -6.17. The third-order valence-electron chi connectivity index (χ3n) is 7.45. The van der Waals surface area contributed by atoms with Crippen molar-refractivity contribution in [3.05, 3.63) is 111 Å². The first kappa shape index (κ1) is 40.8. The normalized spacial score (nSPS) is 11.7. The van der Waals surface area contributed by atoms with E-state index in [0.29, 0.717) is 6.07 Å². The minimum atomic E-state index is -4.77. The van der Waals surface area contributed by atoms with E-state index in [0.717, 1.165) is 43.5 Å². The highest BCUT2D eigenvalue weighted by atomic mass is 32.2. The van der Waals surface area contributed by atoms with E-state index in [-0.39, 0.29) is 64.0 Å². The van der Waals surface area contributed by atoms with Crippen molar-refractivity contribution < 1.29 is 54.7 Å². The van der Waals surface area contributed by atoms with Crippen LogP contribution < -0.4 is 20.1 Å². The van der Waals surface area contributed by atoms with E-state index in [9.17, 15) is 45.7 Å². The molecule has 3 N–H and O–H groups in total. The monoisotopic (exact) mass is 777 g/mol. The standard InChI is InChI=1S/C35H35F4N5O9S/c1-34(2,3)53-33(46)42-29-12-13-31(51-4)41-30(29)18-21-17-24(44(47)48)8-11-27(21)43-54(49,50)15-14-20-16-23(36)7-10-26(20)40-28-9-6-22(35(37,38)39)19-25(28)32(45)52-5/h6-13,16-17,19,40,43H,14-15,18H2,1-5H3,(H,42,46). The number of aromatic nitrogens is 1. The number of non-ortho nitro benzene ring substituents is 1. The summed E-state index contributed by atoms with van der Waals surface area (Å²) in [6.45, 7) is 4.98. The van der Waals surface area contributed by atoms with Gasteiger partial charge in [0.25, 0.3) is 5.69 Å². The van der Waals surface area contributed by atoms with E-state index in [1.807, 2.05) is 0 Å². The number of carbonyl (C=O) groups is 2. The van der Waals surface area contributed by atoms with Crippen LogP contribution in [0.2, 0.25) is 0 Å². The molecule has 0 unspecified atom stereocenters. The predicted octanol–water partition coefficient (Wildman–Crippen LogP) is 7.61. The molecule has 4 rings (SSSR count). The molecule has 0 aliphatic carbocycles. The molecule has 0 fully saturated rings. The molecule has 1 aromatic heterocycles. The third-order valence-corrected chi connectivity index (χ3v) is 8.72. The smallest absolute Gasteiger partial charge is 0.416 e. The number of sulfonamides is 1. The molecule has 0 saturated heterocycles. The largest absolute Gasteiger partial charge is 0.481 e. The van der Waals surface area contributed by atoms with Crippen LogP contribution in [0.25, 0.3) is 0 Å². The minimum absolute atomic E-state index is 0.0708. The number of aryl methyl sites for hydroxylation is 1. The zero-order valence-corrected chi connectivity index (χ0v) is 30.3. The van der Waals surface area contributed by atoms with Crippen molar-refractivity contribution in [3.8, 4) is 5.88 Å². The molecule has 288 valence electrons. The Hall–Kier alpha value is -5.98. The van der Waals surface area contributed by atoms with Crippen LogP contribution >= 0.6 is 0 Å². The van der Waals surface area contributed by atoms with Crippen LogP contribution in [0.1, 0.15) is 53.5 Å². The van der Waals surface area contributed by atoms with Crippen molar-refractivity contribution in [3.63, 3.8) is 0 Å². The van der Waals surface area contributed by atoms with Gasteiger partial charge in [-0.25, -0.2) is 27.4 Å². The Balaban J connectivity index is 1.63. The van der Waals surface area contributed by atoms with Crippen molar-refractivity contribution in [2.24, 2.45) is 0 Å². The molecule has 0 aliphatic heterocycles. The van der Waals surface area contributed by atoms with E-state index < -0.39 is 61.5 Å². The second-order valence-corrected chi connectivity index (χ2v) is 14.4. The maximum absolute atomic E-state index is 14.4. The van der Waals surface area contributed by atoms with Crippen molar-refractivity contribution >= 4 is 50.5 Å². The number of carbonyl (C=O) groups excluding carboxylic acids is 2. The highest BCUT2D eigenvalue weighted by molar-refractivity contribution is 7.92. The Morgan fingerprint density at radius 1 is 0.889 bits per heavy atom. The van der Waals surface area contributed by atoms with Gasteiger partial charge in [-0.1, -0.05) is 0 Å². The van der Waals surface area contributed by atoms with Crippen molar-refractivity contribution in [1.82, 2.24) is 4.98 Å². The molecule has 14 nitrogen and oxygen atoms in total. The van der Waals surface area contributed by atoms with E-state index in [2.05, 4.69) is 25.1 Å². The molecule has 3 aromatic carbocycles. The van der Waals surface area contributed by atoms with Crippen molar-refractivity contribution in [2.45, 2.75) is 45.4 Å². The summed E-state index contributed by atoms with van der Waals surface area (Å²) in [5.41, 5.74) is -2.44. The van der Waals surface area contributed by atoms with Crippen LogP contribution in [0.5, 0.6) is 5.88 Å². The summed E-state index contributed by atoms with van der Waals surface area (Å²) >= 11 is 0. The van der Waals surface area contributed by atoms with E-state index in [4.69, 9.17) is 9.47 Å². The first-order valence-corrected chi connectivity index (χ1v) is 17.5. The summed E-state index contributed by atoms with van der Waals surface area (Å²) in [4.78, 5) is 40.3. The molecule has 1 amide bonds. The van der Waals surface area contributed by atoms with Crippen molar-refractivity contribution in [2.75, 3.05) is 35.3 Å². The lowest BCUT2D eigenvalue weighted by Gasteiger charge is -2.20. The predicted molar refractivity (Wildman–Crippen MR) is 190 cm³/mol. The molecule has 0 bridgehead atoms. The van der Waals surface area contributed by atoms with Crippen LogP contribution in [0.15, 0.2) is 66.7 Å². The summed E-state index contributed by atoms with van der Waals surface area (Å²) in [6, 6.07) is 11.9. The van der Waals surface area contributed by atoms with Gasteiger partial charge in [0.1, 0.15) is 11.4 Å². The van der Waals surface area contributed by atoms with Gasteiger partial charge in [0.15, 0.2) is 0 Å². The zero-order valence-electron chi connectivity index (χ0n) is 29.5. The zero-order chi connectivity index (χ0) is 40.0. The highest BCUT2D eigenvalue weighted by Crippen LogP contribution is 2.34. The quantitative estimate of drug-likeness (QED) is 0.0525. The molecule has 0 spiro atoms. The number of benzene rings is 3. The number of nitro groups is 1. The van der Waals surface area contributed by atoms with Gasteiger partial charge in [-0.2, -0.15) is 13.2 Å². The third kappa shape index (κ3) is 11.0. The van der Waals surface area contributed by atoms with Crippen LogP contribution in [0.4, 0.5) is 50.8 Å². The lowest BCUT2D eigenvalue weighted by Crippen LogP contribution is -2.27. The van der Waals surface area contributed by atoms with Gasteiger partial charge in [0, 0.05) is 30.3 Å². The van der Waals surface area contributed by atoms with E-state index >= 15 is 0 Å². The van der Waals surface area contributed by atoms with Crippen LogP contribution in [-0.2, 0) is 38.5 Å². The number of esters is 1. The fourth-order valence-corrected chi connectivity index (χ4v) is 6.11. The first-order chi connectivity index (χ1) is 25.2. The first-order valence-electron chi connectivity index (χ1n) is 15.8. The molecule has 0 atom stereocenters. The number of nitrogens with zero attached hydrogens (tertiary/aromatic N) is 2. The molecule has 0 radical (unpaired) electrons. The Kier molecular flexibility index (Phi) is 12.4. The number of hydrogen-bond acceptors (Lipinski definition) is 11. The average molecular weight is 778 g/mol. The fraction of sp³-hybridized carbons (Fsp3) is 0.286. The number of nitrogens with one attached hydrogen (secondary N) is 3. The van der Waals surface area contributed by atoms with E-state index in [1.54, 1.807) is 20.8 Å². The number of nitro benzene ring substituents is 1. The lowest BCUT2D eigenvalue weighted by molar-refractivity contribution is -0.384.